The highest BCUT2D eigenvalue weighted by molar-refractivity contribution is 7.89. The molecule has 7 heteroatoms. The lowest BCUT2D eigenvalue weighted by Crippen LogP contribution is -2.43. The summed E-state index contributed by atoms with van der Waals surface area (Å²) in [6, 6.07) is 5.99. The van der Waals surface area contributed by atoms with Crippen LogP contribution >= 0.6 is 0 Å². The number of piperidine rings is 1. The third kappa shape index (κ3) is 3.16. The number of rotatable bonds is 3. The molecule has 0 radical (unpaired) electrons. The van der Waals surface area contributed by atoms with E-state index in [1.54, 1.807) is 0 Å². The van der Waals surface area contributed by atoms with Crippen LogP contribution in [0.5, 0.6) is 0 Å². The predicted molar refractivity (Wildman–Crippen MR) is 101 cm³/mol. The number of nitrogens with two attached hydrogens (primary N) is 1. The van der Waals surface area contributed by atoms with E-state index in [1.165, 1.54) is 29.6 Å². The second-order valence-electron chi connectivity index (χ2n) is 7.73. The molecule has 1 aliphatic heterocycles. The van der Waals surface area contributed by atoms with Crippen molar-refractivity contribution in [2.45, 2.75) is 25.7 Å². The number of anilines is 1. The minimum Gasteiger partial charge on any atom is -0.370 e. The largest absolute Gasteiger partial charge is 0.370 e. The maximum Gasteiger partial charge on any atom is 0.227 e. The first kappa shape index (κ1) is 16.9. The third-order valence-electron chi connectivity index (χ3n) is 5.97. The van der Waals surface area contributed by atoms with E-state index in [-0.39, 0.29) is 5.88 Å². The second-order valence-corrected chi connectivity index (χ2v) is 9.34. The first-order chi connectivity index (χ1) is 11.8. The Bertz CT molecular complexity index is 905. The van der Waals surface area contributed by atoms with Crippen molar-refractivity contribution < 1.29 is 8.42 Å². The van der Waals surface area contributed by atoms with Gasteiger partial charge in [0.05, 0.1) is 0 Å². The Labute approximate surface area is 148 Å². The Morgan fingerprint density at radius 3 is 2.96 bits per heavy atom. The molecule has 1 aromatic carbocycles. The molecule has 1 fully saturated rings. The van der Waals surface area contributed by atoms with E-state index in [4.69, 9.17) is 5.14 Å². The molecule has 0 bridgehead atoms. The number of primary sulfonamides is 1. The highest BCUT2D eigenvalue weighted by atomic mass is 32.2. The lowest BCUT2D eigenvalue weighted by molar-refractivity contribution is 0.116. The average molecular weight is 362 g/mol. The molecule has 2 aromatic rings. The van der Waals surface area contributed by atoms with Crippen LogP contribution < -0.4 is 10.5 Å². The van der Waals surface area contributed by atoms with Gasteiger partial charge < -0.3 is 15.2 Å². The first-order valence-electron chi connectivity index (χ1n) is 8.89. The van der Waals surface area contributed by atoms with E-state index in [9.17, 15) is 8.42 Å². The molecule has 1 aromatic heterocycles. The number of likely N-dealkylation sites (tertiary alicyclic amines) is 1. The van der Waals surface area contributed by atoms with Gasteiger partial charge in [-0.15, -0.1) is 0 Å². The van der Waals surface area contributed by atoms with Crippen LogP contribution in [-0.2, 0) is 16.4 Å². The van der Waals surface area contributed by atoms with Crippen molar-refractivity contribution in [3.8, 4) is 0 Å². The zero-order valence-electron chi connectivity index (χ0n) is 14.7. The van der Waals surface area contributed by atoms with Gasteiger partial charge in [0, 0.05) is 28.8 Å². The quantitative estimate of drug-likeness (QED) is 0.779. The lowest BCUT2D eigenvalue weighted by Gasteiger charge is -2.43. The van der Waals surface area contributed by atoms with Crippen molar-refractivity contribution in [1.82, 2.24) is 9.88 Å². The molecule has 25 heavy (non-hydrogen) atoms. The number of nitrogens with one attached hydrogen (secondary N) is 2. The molecule has 4 N–H and O–H groups in total. The summed E-state index contributed by atoms with van der Waals surface area (Å²) in [6.07, 6.45) is 2.38. The number of fused-ring (bicyclic) bond motifs is 4. The summed E-state index contributed by atoms with van der Waals surface area (Å²) < 4.78 is 22.4. The van der Waals surface area contributed by atoms with Crippen LogP contribution in [0, 0.1) is 11.8 Å². The van der Waals surface area contributed by atoms with Crippen molar-refractivity contribution in [2.75, 3.05) is 31.3 Å². The summed E-state index contributed by atoms with van der Waals surface area (Å²) in [5.74, 6) is 1.69. The number of hydrogen-bond donors (Lipinski definition) is 3. The maximum atomic E-state index is 11.2. The molecule has 3 atom stereocenters. The molecule has 2 aliphatic rings. The van der Waals surface area contributed by atoms with E-state index in [2.05, 4.69) is 35.2 Å². The monoisotopic (exact) mass is 362 g/mol. The normalized spacial score (nSPS) is 27.1. The number of hydrogen-bond acceptors (Lipinski definition) is 4. The van der Waals surface area contributed by atoms with Gasteiger partial charge in [-0.25, -0.2) is 13.6 Å². The highest BCUT2D eigenvalue weighted by Crippen LogP contribution is 2.46. The van der Waals surface area contributed by atoms with Crippen LogP contribution in [0.25, 0.3) is 10.9 Å². The van der Waals surface area contributed by atoms with Gasteiger partial charge in [0.1, 0.15) is 5.88 Å². The Morgan fingerprint density at radius 1 is 1.40 bits per heavy atom. The van der Waals surface area contributed by atoms with Crippen LogP contribution in [-0.4, -0.2) is 44.3 Å². The summed E-state index contributed by atoms with van der Waals surface area (Å²) >= 11 is 0. The molecule has 0 amide bonds. The van der Waals surface area contributed by atoms with E-state index >= 15 is 0 Å². The van der Waals surface area contributed by atoms with Gasteiger partial charge in [-0.3, -0.25) is 0 Å². The Hall–Kier alpha value is -1.57. The molecule has 1 saturated heterocycles. The van der Waals surface area contributed by atoms with Crippen LogP contribution in [0.15, 0.2) is 18.2 Å². The van der Waals surface area contributed by atoms with E-state index in [0.717, 1.165) is 30.1 Å². The topological polar surface area (TPSA) is 91.2 Å². The average Bonchev–Trinajstić information content (AvgIpc) is 2.91. The van der Waals surface area contributed by atoms with E-state index < -0.39 is 10.0 Å². The number of sulfonamides is 1. The molecule has 136 valence electrons. The molecule has 6 nitrogen and oxygen atoms in total. The van der Waals surface area contributed by atoms with Crippen LogP contribution in [0.1, 0.15) is 30.5 Å². The van der Waals surface area contributed by atoms with Crippen molar-refractivity contribution in [3.63, 3.8) is 0 Å². The minimum absolute atomic E-state index is 0.254. The summed E-state index contributed by atoms with van der Waals surface area (Å²) in [4.78, 5) is 6.05. The maximum absolute atomic E-state index is 11.2. The number of benzene rings is 1. The van der Waals surface area contributed by atoms with Gasteiger partial charge in [0.2, 0.25) is 10.0 Å². The van der Waals surface area contributed by atoms with Gasteiger partial charge in [0.25, 0.3) is 0 Å². The van der Waals surface area contributed by atoms with E-state index in [1.807, 2.05) is 12.1 Å². The van der Waals surface area contributed by atoms with Gasteiger partial charge in [-0.05, 0) is 68.0 Å². The molecule has 0 saturated carbocycles. The first-order valence-corrected chi connectivity index (χ1v) is 10.6. The molecule has 2 heterocycles. The third-order valence-corrected chi connectivity index (χ3v) is 6.52. The standard InChI is InChI=1S/C18H26N4O2S/c1-11-15-9-22(2)6-5-12(15)7-17-18(11)14-8-13(3-4-16(14)21-17)20-10-25(19,23)24/h3-4,8,11-12,15,20-21H,5-7,9-10H2,1-2H3,(H2,19,23,24). The predicted octanol–water partition coefficient (Wildman–Crippen LogP) is 2.05. The zero-order valence-corrected chi connectivity index (χ0v) is 15.6. The molecule has 4 rings (SSSR count). The fourth-order valence-corrected chi connectivity index (χ4v) is 5.11. The van der Waals surface area contributed by atoms with Gasteiger partial charge in [-0.2, -0.15) is 0 Å². The number of nitrogens with zero attached hydrogens (tertiary/aromatic N) is 1. The molecule has 0 spiro atoms. The summed E-state index contributed by atoms with van der Waals surface area (Å²) in [5, 5.41) is 9.21. The van der Waals surface area contributed by atoms with Gasteiger partial charge >= 0.3 is 0 Å². The summed E-state index contributed by atoms with van der Waals surface area (Å²) in [6.45, 7) is 4.68. The van der Waals surface area contributed by atoms with Crippen molar-refractivity contribution in [3.05, 3.63) is 29.5 Å². The zero-order chi connectivity index (χ0) is 17.8. The summed E-state index contributed by atoms with van der Waals surface area (Å²) in [7, 11) is -1.33. The Morgan fingerprint density at radius 2 is 2.20 bits per heavy atom. The number of H-pyrrole nitrogens is 1. The molecular formula is C18H26N4O2S. The second kappa shape index (κ2) is 6.00. The molecular weight excluding hydrogens is 336 g/mol. The van der Waals surface area contributed by atoms with Crippen molar-refractivity contribution >= 4 is 26.6 Å². The Balaban J connectivity index is 1.71. The number of aromatic nitrogens is 1. The highest BCUT2D eigenvalue weighted by Gasteiger charge is 2.38. The molecule has 1 aliphatic carbocycles. The van der Waals surface area contributed by atoms with Crippen LogP contribution in [0.3, 0.4) is 0 Å². The summed E-state index contributed by atoms with van der Waals surface area (Å²) in [5.41, 5.74) is 4.69. The smallest absolute Gasteiger partial charge is 0.227 e. The SMILES string of the molecule is CC1c2c([nH]c3ccc(NCS(N)(=O)=O)cc23)CC2CCN(C)CC21. The fraction of sp³-hybridized carbons (Fsp3) is 0.556. The van der Waals surface area contributed by atoms with Gasteiger partial charge in [0.15, 0.2) is 0 Å². The van der Waals surface area contributed by atoms with E-state index in [0.29, 0.717) is 11.8 Å². The van der Waals surface area contributed by atoms with Gasteiger partial charge in [-0.1, -0.05) is 6.92 Å². The molecule has 3 unspecified atom stereocenters. The fourth-order valence-electron chi connectivity index (χ4n) is 4.74. The number of aromatic amines is 1. The van der Waals surface area contributed by atoms with Crippen molar-refractivity contribution in [2.24, 2.45) is 17.0 Å². The van der Waals surface area contributed by atoms with Crippen LogP contribution in [0.4, 0.5) is 5.69 Å². The van der Waals surface area contributed by atoms with Crippen LogP contribution in [0.2, 0.25) is 0 Å². The minimum atomic E-state index is -3.54. The Kier molecular flexibility index (Phi) is 4.05. The lowest BCUT2D eigenvalue weighted by atomic mass is 9.68. The van der Waals surface area contributed by atoms with Crippen molar-refractivity contribution in [1.29, 1.82) is 0 Å².